The van der Waals surface area contributed by atoms with Gasteiger partial charge in [-0.05, 0) is 56.7 Å². The lowest BCUT2D eigenvalue weighted by atomic mass is 9.99. The predicted molar refractivity (Wildman–Crippen MR) is 159 cm³/mol. The number of hydrogen-bond donors (Lipinski definition) is 4. The summed E-state index contributed by atoms with van der Waals surface area (Å²) in [5, 5.41) is 21.6. The van der Waals surface area contributed by atoms with Crippen molar-refractivity contribution in [3.05, 3.63) is 80.2 Å². The van der Waals surface area contributed by atoms with Crippen LogP contribution in [-0.2, 0) is 4.79 Å². The minimum absolute atomic E-state index is 0.0325. The number of fused-ring (bicyclic) bond motifs is 1. The number of nitrogens with two attached hydrogens (primary N) is 1. The normalized spacial score (nSPS) is 14.5. The SMILES string of the molecule is CC(=N)N1C(=N)[C@H](CC(=O)Nc2ccc(C#CCN)c(C=O)c2)N=C(c2ccc(Cl)cc2)c2c1sc(C)c2C. The van der Waals surface area contributed by atoms with Gasteiger partial charge in [0, 0.05) is 37.8 Å². The highest BCUT2D eigenvalue weighted by Gasteiger charge is 2.34. The molecular weight excluding hydrogens is 532 g/mol. The number of aldehydes is 1. The van der Waals surface area contributed by atoms with Crippen molar-refractivity contribution in [1.29, 1.82) is 10.8 Å². The van der Waals surface area contributed by atoms with Crippen molar-refractivity contribution >= 4 is 63.2 Å². The van der Waals surface area contributed by atoms with Crippen molar-refractivity contribution in [2.24, 2.45) is 10.7 Å². The van der Waals surface area contributed by atoms with Crippen LogP contribution in [0.3, 0.4) is 0 Å². The molecule has 1 aromatic heterocycles. The number of nitrogens with one attached hydrogen (secondary N) is 3. The molecule has 1 amide bonds. The van der Waals surface area contributed by atoms with Crippen molar-refractivity contribution in [3.8, 4) is 11.8 Å². The van der Waals surface area contributed by atoms with Gasteiger partial charge in [-0.2, -0.15) is 0 Å². The second-order valence-electron chi connectivity index (χ2n) is 8.95. The molecule has 0 radical (unpaired) electrons. The topological polar surface area (TPSA) is 135 Å². The summed E-state index contributed by atoms with van der Waals surface area (Å²) in [6.45, 7) is 5.78. The molecule has 0 bridgehead atoms. The van der Waals surface area contributed by atoms with Crippen LogP contribution < -0.4 is 16.0 Å². The highest BCUT2D eigenvalue weighted by atomic mass is 35.5. The number of carbonyl (C=O) groups excluding carboxylic acids is 2. The Labute approximate surface area is 235 Å². The van der Waals surface area contributed by atoms with E-state index in [-0.39, 0.29) is 30.5 Å². The second kappa shape index (κ2) is 11.7. The molecule has 5 N–H and O–H groups in total. The van der Waals surface area contributed by atoms with E-state index in [9.17, 15) is 9.59 Å². The molecule has 39 heavy (non-hydrogen) atoms. The number of thiophene rings is 1. The fourth-order valence-electron chi connectivity index (χ4n) is 4.27. The zero-order valence-electron chi connectivity index (χ0n) is 21.7. The van der Waals surface area contributed by atoms with Crippen molar-refractivity contribution in [1.82, 2.24) is 0 Å². The average Bonchev–Trinajstić information content (AvgIpc) is 3.12. The molecule has 0 spiro atoms. The molecule has 0 saturated heterocycles. The highest BCUT2D eigenvalue weighted by Crippen LogP contribution is 2.40. The summed E-state index contributed by atoms with van der Waals surface area (Å²) in [6, 6.07) is 11.3. The number of carbonyl (C=O) groups is 2. The van der Waals surface area contributed by atoms with Crippen LogP contribution in [0.2, 0.25) is 5.02 Å². The minimum Gasteiger partial charge on any atom is -0.326 e. The van der Waals surface area contributed by atoms with Gasteiger partial charge in [0.25, 0.3) is 0 Å². The third-order valence-electron chi connectivity index (χ3n) is 6.27. The number of amidine groups is 2. The van der Waals surface area contributed by atoms with Crippen LogP contribution in [0.25, 0.3) is 0 Å². The van der Waals surface area contributed by atoms with Gasteiger partial charge < -0.3 is 11.1 Å². The number of aliphatic imine (C=N–C) groups is 1. The maximum Gasteiger partial charge on any atom is 0.227 e. The monoisotopic (exact) mass is 558 g/mol. The molecule has 198 valence electrons. The van der Waals surface area contributed by atoms with E-state index in [2.05, 4.69) is 17.2 Å². The minimum atomic E-state index is -0.865. The zero-order valence-corrected chi connectivity index (χ0v) is 23.3. The quantitative estimate of drug-likeness (QED) is 0.149. The maximum atomic E-state index is 13.2. The number of halogens is 1. The Balaban J connectivity index is 1.73. The highest BCUT2D eigenvalue weighted by molar-refractivity contribution is 7.17. The zero-order chi connectivity index (χ0) is 28.3. The molecule has 10 heteroatoms. The number of rotatable bonds is 5. The fourth-order valence-corrected chi connectivity index (χ4v) is 5.62. The number of benzene rings is 2. The summed E-state index contributed by atoms with van der Waals surface area (Å²) in [6.07, 6.45) is 0.533. The van der Waals surface area contributed by atoms with Gasteiger partial charge in [0.2, 0.25) is 5.91 Å². The van der Waals surface area contributed by atoms with Crippen LogP contribution in [0.15, 0.2) is 47.5 Å². The molecule has 2 aromatic carbocycles. The smallest absolute Gasteiger partial charge is 0.227 e. The number of hydrogen-bond acceptors (Lipinski definition) is 7. The Morgan fingerprint density at radius 1 is 1.26 bits per heavy atom. The molecule has 1 aliphatic heterocycles. The van der Waals surface area contributed by atoms with E-state index in [1.54, 1.807) is 42.2 Å². The first-order chi connectivity index (χ1) is 18.6. The molecule has 0 saturated carbocycles. The van der Waals surface area contributed by atoms with Crippen LogP contribution in [0, 0.1) is 36.5 Å². The van der Waals surface area contributed by atoms with Crippen molar-refractivity contribution in [2.45, 2.75) is 33.2 Å². The third-order valence-corrected chi connectivity index (χ3v) is 7.71. The van der Waals surface area contributed by atoms with E-state index in [4.69, 9.17) is 33.1 Å². The first-order valence-electron chi connectivity index (χ1n) is 12.1. The van der Waals surface area contributed by atoms with Gasteiger partial charge in [-0.25, -0.2) is 0 Å². The van der Waals surface area contributed by atoms with Crippen LogP contribution in [0.4, 0.5) is 10.7 Å². The van der Waals surface area contributed by atoms with E-state index < -0.39 is 6.04 Å². The fraction of sp³-hybridized carbons (Fsp3) is 0.207. The molecule has 0 unspecified atom stereocenters. The molecule has 8 nitrogen and oxygen atoms in total. The van der Waals surface area contributed by atoms with Crippen LogP contribution in [0.5, 0.6) is 0 Å². The average molecular weight is 559 g/mol. The van der Waals surface area contributed by atoms with Gasteiger partial charge >= 0.3 is 0 Å². The molecule has 1 atom stereocenters. The number of amides is 1. The first kappa shape index (κ1) is 27.9. The van der Waals surface area contributed by atoms with Gasteiger partial charge in [-0.1, -0.05) is 35.6 Å². The Kier molecular flexibility index (Phi) is 8.41. The van der Waals surface area contributed by atoms with Gasteiger partial charge in [-0.15, -0.1) is 11.3 Å². The Hall–Kier alpha value is -4.10. The van der Waals surface area contributed by atoms with Crippen LogP contribution in [-0.4, -0.2) is 42.2 Å². The Morgan fingerprint density at radius 2 is 1.97 bits per heavy atom. The maximum absolute atomic E-state index is 13.2. The third kappa shape index (κ3) is 5.83. The second-order valence-corrected chi connectivity index (χ2v) is 10.6. The van der Waals surface area contributed by atoms with E-state index in [0.717, 1.165) is 26.6 Å². The molecular formula is C29H27ClN6O2S. The number of aryl methyl sites for hydroxylation is 1. The summed E-state index contributed by atoms with van der Waals surface area (Å²) in [7, 11) is 0. The Morgan fingerprint density at radius 3 is 2.62 bits per heavy atom. The van der Waals surface area contributed by atoms with Crippen molar-refractivity contribution < 1.29 is 9.59 Å². The first-order valence-corrected chi connectivity index (χ1v) is 13.3. The lowest BCUT2D eigenvalue weighted by molar-refractivity contribution is -0.116. The van der Waals surface area contributed by atoms with E-state index in [1.807, 2.05) is 26.0 Å². The van der Waals surface area contributed by atoms with Gasteiger partial charge in [0.15, 0.2) is 6.29 Å². The summed E-state index contributed by atoms with van der Waals surface area (Å²) in [5.41, 5.74) is 9.98. The molecule has 1 aliphatic rings. The Bertz CT molecular complexity index is 1580. The van der Waals surface area contributed by atoms with Crippen LogP contribution >= 0.6 is 22.9 Å². The summed E-state index contributed by atoms with van der Waals surface area (Å²) in [5.74, 6) is 5.36. The van der Waals surface area contributed by atoms with Gasteiger partial charge in [0.1, 0.15) is 22.7 Å². The van der Waals surface area contributed by atoms with Gasteiger partial charge in [0.05, 0.1) is 18.7 Å². The lowest BCUT2D eigenvalue weighted by Gasteiger charge is -2.24. The predicted octanol–water partition coefficient (Wildman–Crippen LogP) is 5.17. The summed E-state index contributed by atoms with van der Waals surface area (Å²) >= 11 is 7.63. The summed E-state index contributed by atoms with van der Waals surface area (Å²) < 4.78 is 0. The van der Waals surface area contributed by atoms with E-state index >= 15 is 0 Å². The van der Waals surface area contributed by atoms with Gasteiger partial charge in [-0.3, -0.25) is 30.3 Å². The lowest BCUT2D eigenvalue weighted by Crippen LogP contribution is -2.41. The van der Waals surface area contributed by atoms with Crippen molar-refractivity contribution in [3.63, 3.8) is 0 Å². The number of nitrogens with zero attached hydrogens (tertiary/aromatic N) is 2. The molecule has 2 heterocycles. The molecule has 4 rings (SSSR count). The standard InChI is InChI=1S/C29H27ClN6O2S/c1-16-17(2)39-29-26(16)27(20-6-9-22(30)10-7-20)35-24(28(33)36(29)18(3)32)14-25(38)34-23-11-8-19(5-4-12-31)21(13-23)15-37/h6-11,13,15,24,32-33H,12,14,31H2,1-3H3,(H,34,38)/t24-/m0/s1. The molecule has 0 aliphatic carbocycles. The van der Waals surface area contributed by atoms with Crippen LogP contribution in [0.1, 0.15) is 50.8 Å². The largest absolute Gasteiger partial charge is 0.326 e. The molecule has 3 aromatic rings. The van der Waals surface area contributed by atoms with E-state index in [1.165, 1.54) is 11.3 Å². The summed E-state index contributed by atoms with van der Waals surface area (Å²) in [4.78, 5) is 32.3. The number of anilines is 2. The van der Waals surface area contributed by atoms with E-state index in [0.29, 0.717) is 33.8 Å². The van der Waals surface area contributed by atoms with Crippen molar-refractivity contribution in [2.75, 3.05) is 16.8 Å². The molecule has 0 fully saturated rings.